The molecular formula is C14H28N2O3S. The predicted molar refractivity (Wildman–Crippen MR) is 81.4 cm³/mol. The van der Waals surface area contributed by atoms with Crippen molar-refractivity contribution in [1.82, 2.24) is 10.6 Å². The topological polar surface area (TPSA) is 75.3 Å². The number of carbonyl (C=O) groups is 1. The van der Waals surface area contributed by atoms with Gasteiger partial charge in [-0.3, -0.25) is 4.79 Å². The second-order valence-corrected chi connectivity index (χ2v) is 9.13. The van der Waals surface area contributed by atoms with Crippen LogP contribution in [0.5, 0.6) is 0 Å². The lowest BCUT2D eigenvalue weighted by molar-refractivity contribution is -0.123. The van der Waals surface area contributed by atoms with Crippen LogP contribution >= 0.6 is 0 Å². The Morgan fingerprint density at radius 2 is 1.80 bits per heavy atom. The minimum atomic E-state index is -3.15. The monoisotopic (exact) mass is 304 g/mol. The molecule has 1 saturated carbocycles. The molecule has 1 fully saturated rings. The minimum Gasteiger partial charge on any atom is -0.352 e. The van der Waals surface area contributed by atoms with Gasteiger partial charge in [0.05, 0.1) is 10.8 Å². The van der Waals surface area contributed by atoms with Gasteiger partial charge in [0.2, 0.25) is 5.91 Å². The van der Waals surface area contributed by atoms with Gasteiger partial charge in [0.25, 0.3) is 0 Å². The first-order valence-electron chi connectivity index (χ1n) is 7.37. The van der Waals surface area contributed by atoms with Crippen LogP contribution in [0.4, 0.5) is 0 Å². The number of nitrogens with one attached hydrogen (secondary N) is 2. The maximum Gasteiger partial charge on any atom is 0.237 e. The summed E-state index contributed by atoms with van der Waals surface area (Å²) in [5.41, 5.74) is 0. The van der Waals surface area contributed by atoms with E-state index in [1.165, 1.54) is 25.5 Å². The highest BCUT2D eigenvalue weighted by atomic mass is 32.2. The van der Waals surface area contributed by atoms with Crippen molar-refractivity contribution in [3.63, 3.8) is 0 Å². The number of carbonyl (C=O) groups excluding carboxylic acids is 1. The van der Waals surface area contributed by atoms with E-state index in [1.54, 1.807) is 20.8 Å². The van der Waals surface area contributed by atoms with Crippen LogP contribution in [0.25, 0.3) is 0 Å². The largest absolute Gasteiger partial charge is 0.352 e. The SMILES string of the molecule is CC(NCC(C)(C)S(C)(=O)=O)C(=O)NC1CCCCC1. The van der Waals surface area contributed by atoms with E-state index in [9.17, 15) is 13.2 Å². The number of hydrogen-bond acceptors (Lipinski definition) is 4. The van der Waals surface area contributed by atoms with Crippen molar-refractivity contribution >= 4 is 15.7 Å². The maximum absolute atomic E-state index is 12.1. The van der Waals surface area contributed by atoms with Crippen LogP contribution in [-0.2, 0) is 14.6 Å². The van der Waals surface area contributed by atoms with Crippen LogP contribution in [0.1, 0.15) is 52.9 Å². The average molecular weight is 304 g/mol. The highest BCUT2D eigenvalue weighted by Crippen LogP contribution is 2.17. The van der Waals surface area contributed by atoms with Gasteiger partial charge < -0.3 is 10.6 Å². The molecule has 0 spiro atoms. The highest BCUT2D eigenvalue weighted by Gasteiger charge is 2.31. The fourth-order valence-corrected chi connectivity index (χ4v) is 2.54. The van der Waals surface area contributed by atoms with Gasteiger partial charge in [-0.1, -0.05) is 19.3 Å². The van der Waals surface area contributed by atoms with Gasteiger partial charge in [0, 0.05) is 18.8 Å². The Hall–Kier alpha value is -0.620. The fourth-order valence-electron chi connectivity index (χ4n) is 2.20. The van der Waals surface area contributed by atoms with Gasteiger partial charge in [-0.15, -0.1) is 0 Å². The van der Waals surface area contributed by atoms with Crippen LogP contribution in [0, 0.1) is 0 Å². The molecule has 6 heteroatoms. The molecule has 0 aromatic rings. The Labute approximate surface area is 122 Å². The molecule has 1 aliphatic rings. The van der Waals surface area contributed by atoms with Crippen molar-refractivity contribution in [2.24, 2.45) is 0 Å². The molecule has 1 aliphatic carbocycles. The second-order valence-electron chi connectivity index (χ2n) is 6.48. The maximum atomic E-state index is 12.1. The molecule has 0 bridgehead atoms. The van der Waals surface area contributed by atoms with E-state index in [-0.39, 0.29) is 24.5 Å². The van der Waals surface area contributed by atoms with Crippen molar-refractivity contribution < 1.29 is 13.2 Å². The third-order valence-electron chi connectivity index (χ3n) is 4.18. The second kappa shape index (κ2) is 6.89. The number of sulfone groups is 1. The van der Waals surface area contributed by atoms with E-state index in [2.05, 4.69) is 10.6 Å². The van der Waals surface area contributed by atoms with Gasteiger partial charge in [0.15, 0.2) is 9.84 Å². The Kier molecular flexibility index (Phi) is 6.01. The van der Waals surface area contributed by atoms with E-state index in [4.69, 9.17) is 0 Å². The van der Waals surface area contributed by atoms with Gasteiger partial charge >= 0.3 is 0 Å². The summed E-state index contributed by atoms with van der Waals surface area (Å²) in [4.78, 5) is 12.1. The van der Waals surface area contributed by atoms with E-state index in [0.717, 1.165) is 12.8 Å². The molecule has 1 unspecified atom stereocenters. The third-order valence-corrected chi connectivity index (χ3v) is 6.33. The molecule has 1 amide bonds. The molecule has 5 nitrogen and oxygen atoms in total. The summed E-state index contributed by atoms with van der Waals surface area (Å²) in [6.45, 7) is 5.38. The molecule has 0 saturated heterocycles. The van der Waals surface area contributed by atoms with Gasteiger partial charge in [-0.25, -0.2) is 8.42 Å². The van der Waals surface area contributed by atoms with E-state index in [0.29, 0.717) is 0 Å². The zero-order valence-electron chi connectivity index (χ0n) is 13.0. The molecule has 2 N–H and O–H groups in total. The first-order chi connectivity index (χ1) is 9.13. The van der Waals surface area contributed by atoms with Crippen LogP contribution in [-0.4, -0.2) is 44.0 Å². The summed E-state index contributed by atoms with van der Waals surface area (Å²) in [6.07, 6.45) is 6.92. The van der Waals surface area contributed by atoms with E-state index in [1.807, 2.05) is 0 Å². The van der Waals surface area contributed by atoms with Crippen LogP contribution in [0.2, 0.25) is 0 Å². The molecule has 0 radical (unpaired) electrons. The Morgan fingerprint density at radius 1 is 1.25 bits per heavy atom. The zero-order valence-corrected chi connectivity index (χ0v) is 13.8. The lowest BCUT2D eigenvalue weighted by Gasteiger charge is -2.27. The average Bonchev–Trinajstić information content (AvgIpc) is 2.35. The van der Waals surface area contributed by atoms with E-state index >= 15 is 0 Å². The minimum absolute atomic E-state index is 0.0406. The standard InChI is InChI=1S/C14H28N2O3S/c1-11(15-10-14(2,3)20(4,18)19)13(17)16-12-8-6-5-7-9-12/h11-12,15H,5-10H2,1-4H3,(H,16,17). The zero-order chi connectivity index (χ0) is 15.4. The molecular weight excluding hydrogens is 276 g/mol. The lowest BCUT2D eigenvalue weighted by Crippen LogP contribution is -2.51. The summed E-state index contributed by atoms with van der Waals surface area (Å²) in [5.74, 6) is -0.0406. The quantitative estimate of drug-likeness (QED) is 0.774. The predicted octanol–water partition coefficient (Wildman–Crippen LogP) is 1.24. The summed E-state index contributed by atoms with van der Waals surface area (Å²) >= 11 is 0. The van der Waals surface area contributed by atoms with Crippen LogP contribution in [0.3, 0.4) is 0 Å². The first kappa shape index (κ1) is 17.4. The molecule has 0 aromatic carbocycles. The molecule has 20 heavy (non-hydrogen) atoms. The molecule has 1 atom stereocenters. The van der Waals surface area contributed by atoms with Gasteiger partial charge in [0.1, 0.15) is 0 Å². The summed E-state index contributed by atoms with van der Waals surface area (Å²) in [5, 5.41) is 6.07. The summed E-state index contributed by atoms with van der Waals surface area (Å²) in [6, 6.07) is -0.0960. The molecule has 0 aliphatic heterocycles. The van der Waals surface area contributed by atoms with Crippen molar-refractivity contribution in [3.8, 4) is 0 Å². The van der Waals surface area contributed by atoms with Crippen molar-refractivity contribution in [1.29, 1.82) is 0 Å². The number of hydrogen-bond donors (Lipinski definition) is 2. The Balaban J connectivity index is 2.42. The lowest BCUT2D eigenvalue weighted by atomic mass is 9.95. The van der Waals surface area contributed by atoms with Crippen molar-refractivity contribution in [2.45, 2.75) is 69.7 Å². The number of rotatable bonds is 6. The summed E-state index contributed by atoms with van der Waals surface area (Å²) in [7, 11) is -3.15. The van der Waals surface area contributed by atoms with Crippen LogP contribution in [0.15, 0.2) is 0 Å². The smallest absolute Gasteiger partial charge is 0.237 e. The Morgan fingerprint density at radius 3 is 2.30 bits per heavy atom. The van der Waals surface area contributed by atoms with Gasteiger partial charge in [-0.2, -0.15) is 0 Å². The highest BCUT2D eigenvalue weighted by molar-refractivity contribution is 7.92. The van der Waals surface area contributed by atoms with Crippen molar-refractivity contribution in [2.75, 3.05) is 12.8 Å². The summed E-state index contributed by atoms with van der Waals surface area (Å²) < 4.78 is 22.4. The molecule has 1 rings (SSSR count). The third kappa shape index (κ3) is 5.05. The first-order valence-corrected chi connectivity index (χ1v) is 9.26. The number of amides is 1. The normalized spacial score (nSPS) is 19.6. The Bertz CT molecular complexity index is 426. The van der Waals surface area contributed by atoms with Gasteiger partial charge in [-0.05, 0) is 33.6 Å². The molecule has 0 heterocycles. The fraction of sp³-hybridized carbons (Fsp3) is 0.929. The van der Waals surface area contributed by atoms with Crippen LogP contribution < -0.4 is 10.6 Å². The molecule has 118 valence electrons. The van der Waals surface area contributed by atoms with E-state index < -0.39 is 14.6 Å². The van der Waals surface area contributed by atoms with Crippen molar-refractivity contribution in [3.05, 3.63) is 0 Å². The molecule has 0 aromatic heterocycles.